The number of hydrogen-bond donors (Lipinski definition) is 1. The van der Waals surface area contributed by atoms with E-state index in [1.165, 1.54) is 31.5 Å². The van der Waals surface area contributed by atoms with Crippen LogP contribution in [0.3, 0.4) is 0 Å². The second-order valence-corrected chi connectivity index (χ2v) is 5.34. The summed E-state index contributed by atoms with van der Waals surface area (Å²) in [6.45, 7) is 3.14. The molecule has 0 bridgehead atoms. The van der Waals surface area contributed by atoms with Gasteiger partial charge in [0.05, 0.1) is 12.7 Å². The van der Waals surface area contributed by atoms with E-state index in [0.717, 1.165) is 6.42 Å². The lowest BCUT2D eigenvalue weighted by Gasteiger charge is -2.28. The van der Waals surface area contributed by atoms with Crippen LogP contribution in [0, 0.1) is 11.1 Å². The zero-order valence-corrected chi connectivity index (χ0v) is 11.9. The number of aromatic nitrogens is 1. The molecule has 1 heterocycles. The summed E-state index contributed by atoms with van der Waals surface area (Å²) in [6.07, 6.45) is 6.46. The molecular formula is C15H22N2O3. The van der Waals surface area contributed by atoms with Gasteiger partial charge in [-0.05, 0) is 24.8 Å². The van der Waals surface area contributed by atoms with E-state index in [-0.39, 0.29) is 11.6 Å². The van der Waals surface area contributed by atoms with Crippen molar-refractivity contribution in [3.63, 3.8) is 0 Å². The maximum absolute atomic E-state index is 11.8. The van der Waals surface area contributed by atoms with Crippen molar-refractivity contribution in [2.24, 2.45) is 5.92 Å². The second kappa shape index (κ2) is 7.24. The largest absolute Gasteiger partial charge is 0.618 e. The predicted octanol–water partition coefficient (Wildman–Crippen LogP) is 1.65. The molecule has 1 amide bonds. The van der Waals surface area contributed by atoms with Gasteiger partial charge in [-0.15, -0.1) is 0 Å². The van der Waals surface area contributed by atoms with Gasteiger partial charge in [-0.1, -0.05) is 19.8 Å². The van der Waals surface area contributed by atoms with Gasteiger partial charge in [0.1, 0.15) is 0 Å². The summed E-state index contributed by atoms with van der Waals surface area (Å²) in [6, 6.07) is 4.77. The molecule has 0 spiro atoms. The van der Waals surface area contributed by atoms with Gasteiger partial charge in [0.25, 0.3) is 5.69 Å². The first-order valence-electron chi connectivity index (χ1n) is 7.26. The molecule has 2 rings (SSSR count). The first kappa shape index (κ1) is 14.8. The number of carbonyl (C=O) groups excluding carboxylic acids is 1. The first-order valence-corrected chi connectivity index (χ1v) is 7.26. The molecule has 1 aromatic heterocycles. The van der Waals surface area contributed by atoms with Crippen molar-refractivity contribution in [3.05, 3.63) is 35.3 Å². The number of hydrogen-bond acceptors (Lipinski definition) is 3. The van der Waals surface area contributed by atoms with Crippen LogP contribution in [0.15, 0.2) is 24.4 Å². The van der Waals surface area contributed by atoms with Crippen molar-refractivity contribution < 1.29 is 14.3 Å². The van der Waals surface area contributed by atoms with Crippen LogP contribution < -0.4 is 10.0 Å². The number of amides is 1. The lowest BCUT2D eigenvalue weighted by Crippen LogP contribution is -2.40. The van der Waals surface area contributed by atoms with Gasteiger partial charge in [0, 0.05) is 18.7 Å². The average Bonchev–Trinajstić information content (AvgIpc) is 2.45. The molecule has 1 aromatic rings. The molecule has 1 aliphatic rings. The Bertz CT molecular complexity index is 450. The Balaban J connectivity index is 1.71. The molecule has 2 atom stereocenters. The summed E-state index contributed by atoms with van der Waals surface area (Å²) < 4.78 is 6.38. The number of pyridine rings is 1. The molecule has 5 heteroatoms. The summed E-state index contributed by atoms with van der Waals surface area (Å²) >= 11 is 0. The molecule has 0 unspecified atom stereocenters. The first-order chi connectivity index (χ1) is 9.68. The fraction of sp³-hybridized carbons (Fsp3) is 0.600. The van der Waals surface area contributed by atoms with Crippen LogP contribution >= 0.6 is 0 Å². The summed E-state index contributed by atoms with van der Waals surface area (Å²) in [5, 5.41) is 14.1. The van der Waals surface area contributed by atoms with Crippen LogP contribution in [-0.4, -0.2) is 25.2 Å². The van der Waals surface area contributed by atoms with E-state index < -0.39 is 0 Å². The molecule has 0 aromatic carbocycles. The second-order valence-electron chi connectivity index (χ2n) is 5.34. The number of nitrogens with one attached hydrogen (secondary N) is 1. The Morgan fingerprint density at radius 3 is 3.00 bits per heavy atom. The van der Waals surface area contributed by atoms with E-state index in [0.29, 0.717) is 29.9 Å². The van der Waals surface area contributed by atoms with Crippen LogP contribution in [-0.2, 0) is 4.74 Å². The minimum Gasteiger partial charge on any atom is -0.618 e. The highest BCUT2D eigenvalue weighted by molar-refractivity contribution is 5.90. The molecule has 110 valence electrons. The van der Waals surface area contributed by atoms with Crippen LogP contribution in [0.1, 0.15) is 43.1 Å². The molecule has 0 aliphatic heterocycles. The van der Waals surface area contributed by atoms with Crippen LogP contribution in [0.25, 0.3) is 0 Å². The zero-order chi connectivity index (χ0) is 14.4. The Kier molecular flexibility index (Phi) is 5.35. The quantitative estimate of drug-likeness (QED) is 0.506. The summed E-state index contributed by atoms with van der Waals surface area (Å²) in [4.78, 5) is 11.8. The maximum atomic E-state index is 11.8. The van der Waals surface area contributed by atoms with Gasteiger partial charge in [-0.3, -0.25) is 4.79 Å². The average molecular weight is 278 g/mol. The molecular weight excluding hydrogens is 256 g/mol. The molecule has 1 N–H and O–H groups in total. The van der Waals surface area contributed by atoms with Gasteiger partial charge in [-0.2, -0.15) is 4.73 Å². The third-order valence-corrected chi connectivity index (χ3v) is 3.81. The summed E-state index contributed by atoms with van der Waals surface area (Å²) in [7, 11) is 0. The molecule has 20 heavy (non-hydrogen) atoms. The van der Waals surface area contributed by atoms with Crippen molar-refractivity contribution in [2.75, 3.05) is 13.2 Å². The highest BCUT2D eigenvalue weighted by atomic mass is 16.5. The van der Waals surface area contributed by atoms with E-state index in [2.05, 4.69) is 12.2 Å². The predicted molar refractivity (Wildman–Crippen MR) is 75.1 cm³/mol. The van der Waals surface area contributed by atoms with E-state index in [1.54, 1.807) is 12.1 Å². The van der Waals surface area contributed by atoms with E-state index in [4.69, 9.17) is 4.74 Å². The van der Waals surface area contributed by atoms with Crippen molar-refractivity contribution in [3.8, 4) is 0 Å². The monoisotopic (exact) mass is 278 g/mol. The van der Waals surface area contributed by atoms with Crippen molar-refractivity contribution in [2.45, 2.75) is 38.7 Å². The lowest BCUT2D eigenvalue weighted by molar-refractivity contribution is -0.607. The SMILES string of the molecule is C[C@H]1CCCC[C@@H]1OCCNC(=O)c1cccc[n+]1[O-]. The minimum absolute atomic E-state index is 0.110. The van der Waals surface area contributed by atoms with Gasteiger partial charge in [0.15, 0.2) is 6.20 Å². The number of rotatable bonds is 5. The van der Waals surface area contributed by atoms with Crippen molar-refractivity contribution >= 4 is 5.91 Å². The normalized spacial score (nSPS) is 22.4. The van der Waals surface area contributed by atoms with E-state index in [1.807, 2.05) is 0 Å². The Labute approximate surface area is 119 Å². The fourth-order valence-electron chi connectivity index (χ4n) is 2.60. The van der Waals surface area contributed by atoms with Crippen LogP contribution in [0.4, 0.5) is 0 Å². The highest BCUT2D eigenvalue weighted by Gasteiger charge is 2.21. The third-order valence-electron chi connectivity index (χ3n) is 3.81. The van der Waals surface area contributed by atoms with Gasteiger partial charge >= 0.3 is 5.91 Å². The molecule has 1 fully saturated rings. The van der Waals surface area contributed by atoms with Gasteiger partial charge in [0.2, 0.25) is 0 Å². The Morgan fingerprint density at radius 2 is 2.25 bits per heavy atom. The van der Waals surface area contributed by atoms with Crippen molar-refractivity contribution in [1.29, 1.82) is 0 Å². The number of carbonyl (C=O) groups is 1. The number of ether oxygens (including phenoxy) is 1. The van der Waals surface area contributed by atoms with E-state index in [9.17, 15) is 10.0 Å². The van der Waals surface area contributed by atoms with Gasteiger partial charge in [-0.25, -0.2) is 0 Å². The molecule has 1 aliphatic carbocycles. The summed E-state index contributed by atoms with van der Waals surface area (Å²) in [5.74, 6) is 0.235. The molecule has 0 saturated heterocycles. The Morgan fingerprint density at radius 1 is 1.45 bits per heavy atom. The third kappa shape index (κ3) is 3.93. The molecule has 1 saturated carbocycles. The standard InChI is InChI=1S/C15H22N2O3/c1-12-6-2-3-8-14(12)20-11-9-16-15(18)13-7-4-5-10-17(13)19/h4-5,7,10,12,14H,2-3,6,8-9,11H2,1H3,(H,16,18)/t12-,14-/m0/s1. The van der Waals surface area contributed by atoms with Crippen molar-refractivity contribution in [1.82, 2.24) is 5.32 Å². The zero-order valence-electron chi connectivity index (χ0n) is 11.9. The number of nitrogens with zero attached hydrogens (tertiary/aromatic N) is 1. The lowest BCUT2D eigenvalue weighted by atomic mass is 9.88. The smallest absolute Gasteiger partial charge is 0.317 e. The van der Waals surface area contributed by atoms with E-state index >= 15 is 0 Å². The summed E-state index contributed by atoms with van der Waals surface area (Å²) in [5.41, 5.74) is 0.110. The van der Waals surface area contributed by atoms with Gasteiger partial charge < -0.3 is 15.3 Å². The minimum atomic E-state index is -0.360. The van der Waals surface area contributed by atoms with Crippen LogP contribution in [0.2, 0.25) is 0 Å². The highest BCUT2D eigenvalue weighted by Crippen LogP contribution is 2.25. The Hall–Kier alpha value is -1.62. The maximum Gasteiger partial charge on any atom is 0.317 e. The van der Waals surface area contributed by atoms with Crippen LogP contribution in [0.5, 0.6) is 0 Å². The molecule has 0 radical (unpaired) electrons. The molecule has 5 nitrogen and oxygen atoms in total. The topological polar surface area (TPSA) is 65.3 Å². The fourth-order valence-corrected chi connectivity index (χ4v) is 2.60.